The Bertz CT molecular complexity index is 4110. The van der Waals surface area contributed by atoms with E-state index < -0.39 is 0 Å². The Morgan fingerprint density at radius 3 is 0.761 bits per heavy atom. The van der Waals surface area contributed by atoms with E-state index in [1.807, 2.05) is 0 Å². The van der Waals surface area contributed by atoms with Crippen molar-refractivity contribution in [2.24, 2.45) is 0 Å². The molecular weight excluding hydrogens is 863 g/mol. The van der Waals surface area contributed by atoms with Gasteiger partial charge in [-0.15, -0.1) is 0 Å². The van der Waals surface area contributed by atoms with E-state index in [4.69, 9.17) is 0 Å². The molecule has 5 heteroatoms. The molecule has 0 saturated heterocycles. The SMILES string of the molecule is c1ccc(N(c2ccc(N(c3ccc4c(c3)c3ccccc3n4-c3ccccc3)c3ccc4c(c3)c3ccccc3n4-c3ccccc3)cc2)c2ccc3c(c2)c2ccccc2n3-c2ccccc2)cc1. The van der Waals surface area contributed by atoms with Crippen LogP contribution < -0.4 is 9.80 Å². The predicted molar refractivity (Wildman–Crippen MR) is 299 cm³/mol. The molecule has 0 aliphatic rings. The standard InChI is InChI=1S/C66H45N5/c1-5-19-46(20-6-1)67(52-37-40-64-58(43-52)55-27-13-16-30-61(55)69(64)47-21-7-2-8-22-47)50-33-35-51(36-34-50)68(53-38-41-65-59(44-53)56-28-14-17-31-62(56)70(65)48-23-9-3-10-24-48)54-39-42-66-60(45-54)57-29-15-18-32-63(57)71(66)49-25-11-4-12-26-49/h1-45H. The number of rotatable bonds is 9. The molecule has 0 bridgehead atoms. The summed E-state index contributed by atoms with van der Waals surface area (Å²) < 4.78 is 7.14. The number of hydrogen-bond acceptors (Lipinski definition) is 2. The molecule has 0 N–H and O–H groups in total. The van der Waals surface area contributed by atoms with Crippen LogP contribution in [0.15, 0.2) is 273 Å². The Kier molecular flexibility index (Phi) is 9.46. The minimum absolute atomic E-state index is 1.06. The van der Waals surface area contributed by atoms with Crippen LogP contribution in [0, 0.1) is 0 Å². The lowest BCUT2D eigenvalue weighted by atomic mass is 10.1. The number of benzene rings is 11. The van der Waals surface area contributed by atoms with Gasteiger partial charge in [-0.05, 0) is 146 Å². The third-order valence-electron chi connectivity index (χ3n) is 14.2. The molecule has 3 aromatic heterocycles. The van der Waals surface area contributed by atoms with E-state index in [1.54, 1.807) is 0 Å². The fourth-order valence-corrected chi connectivity index (χ4v) is 11.1. The summed E-state index contributed by atoms with van der Waals surface area (Å²) in [7, 11) is 0. The molecule has 0 saturated carbocycles. The van der Waals surface area contributed by atoms with E-state index >= 15 is 0 Å². The van der Waals surface area contributed by atoms with Crippen molar-refractivity contribution >= 4 is 99.5 Å². The van der Waals surface area contributed by atoms with Crippen molar-refractivity contribution in [2.75, 3.05) is 9.80 Å². The number of hydrogen-bond donors (Lipinski definition) is 0. The molecule has 0 aliphatic heterocycles. The van der Waals surface area contributed by atoms with E-state index in [0.29, 0.717) is 0 Å². The van der Waals surface area contributed by atoms with Crippen LogP contribution in [0.2, 0.25) is 0 Å². The second-order valence-electron chi connectivity index (χ2n) is 18.2. The first-order valence-corrected chi connectivity index (χ1v) is 24.3. The van der Waals surface area contributed by atoms with E-state index in [-0.39, 0.29) is 0 Å². The number of anilines is 6. The van der Waals surface area contributed by atoms with Gasteiger partial charge in [0.1, 0.15) is 0 Å². The molecule has 5 nitrogen and oxygen atoms in total. The second-order valence-corrected chi connectivity index (χ2v) is 18.2. The fourth-order valence-electron chi connectivity index (χ4n) is 11.1. The van der Waals surface area contributed by atoms with Gasteiger partial charge in [0.15, 0.2) is 0 Å². The molecule has 3 heterocycles. The van der Waals surface area contributed by atoms with Crippen LogP contribution in [-0.2, 0) is 0 Å². The second kappa shape index (κ2) is 16.6. The van der Waals surface area contributed by atoms with Gasteiger partial charge < -0.3 is 23.5 Å². The Labute approximate surface area is 411 Å². The average molecular weight is 908 g/mol. The molecule has 0 spiro atoms. The maximum atomic E-state index is 2.42. The molecular formula is C66H45N5. The van der Waals surface area contributed by atoms with Crippen LogP contribution in [0.3, 0.4) is 0 Å². The fraction of sp³-hybridized carbons (Fsp3) is 0. The normalized spacial score (nSPS) is 11.7. The zero-order chi connectivity index (χ0) is 46.8. The highest BCUT2D eigenvalue weighted by molar-refractivity contribution is 6.13. The first-order chi connectivity index (χ1) is 35.2. The quantitative estimate of drug-likeness (QED) is 0.144. The summed E-state index contributed by atoms with van der Waals surface area (Å²) in [6, 6.07) is 98.9. The number of para-hydroxylation sites is 7. The van der Waals surface area contributed by atoms with Gasteiger partial charge in [-0.2, -0.15) is 0 Å². The average Bonchev–Trinajstić information content (AvgIpc) is 4.08. The van der Waals surface area contributed by atoms with Gasteiger partial charge in [-0.3, -0.25) is 0 Å². The van der Waals surface area contributed by atoms with Crippen LogP contribution >= 0.6 is 0 Å². The first kappa shape index (κ1) is 40.5. The molecule has 0 atom stereocenters. The summed E-state index contributed by atoms with van der Waals surface area (Å²) in [5, 5.41) is 7.26. The van der Waals surface area contributed by atoms with Crippen molar-refractivity contribution in [2.45, 2.75) is 0 Å². The summed E-state index contributed by atoms with van der Waals surface area (Å²) >= 11 is 0. The van der Waals surface area contributed by atoms with Crippen molar-refractivity contribution in [1.82, 2.24) is 13.7 Å². The van der Waals surface area contributed by atoms with E-state index in [9.17, 15) is 0 Å². The zero-order valence-corrected chi connectivity index (χ0v) is 38.7. The van der Waals surface area contributed by atoms with Crippen molar-refractivity contribution in [1.29, 1.82) is 0 Å². The van der Waals surface area contributed by atoms with E-state index in [1.165, 1.54) is 65.4 Å². The molecule has 0 aliphatic carbocycles. The van der Waals surface area contributed by atoms with Crippen molar-refractivity contribution in [3.8, 4) is 17.1 Å². The summed E-state index contributed by atoms with van der Waals surface area (Å²) in [6.45, 7) is 0. The van der Waals surface area contributed by atoms with Crippen LogP contribution in [0.1, 0.15) is 0 Å². The lowest BCUT2D eigenvalue weighted by Crippen LogP contribution is -2.12. The van der Waals surface area contributed by atoms with Gasteiger partial charge in [-0.1, -0.05) is 127 Å². The van der Waals surface area contributed by atoms with Crippen LogP contribution in [-0.4, -0.2) is 13.7 Å². The smallest absolute Gasteiger partial charge is 0.0542 e. The lowest BCUT2D eigenvalue weighted by molar-refractivity contribution is 1.18. The van der Waals surface area contributed by atoms with Crippen LogP contribution in [0.5, 0.6) is 0 Å². The van der Waals surface area contributed by atoms with Crippen molar-refractivity contribution < 1.29 is 0 Å². The maximum Gasteiger partial charge on any atom is 0.0542 e. The van der Waals surface area contributed by atoms with Gasteiger partial charge in [0.05, 0.1) is 33.1 Å². The van der Waals surface area contributed by atoms with Crippen LogP contribution in [0.25, 0.3) is 82.5 Å². The lowest BCUT2D eigenvalue weighted by Gasteiger charge is -2.28. The highest BCUT2D eigenvalue weighted by Crippen LogP contribution is 2.45. The summed E-state index contributed by atoms with van der Waals surface area (Å²) in [5.41, 5.74) is 16.9. The Morgan fingerprint density at radius 2 is 0.423 bits per heavy atom. The summed E-state index contributed by atoms with van der Waals surface area (Å²) in [6.07, 6.45) is 0. The Balaban J connectivity index is 0.950. The summed E-state index contributed by atoms with van der Waals surface area (Å²) in [5.74, 6) is 0. The topological polar surface area (TPSA) is 21.3 Å². The van der Waals surface area contributed by atoms with E-state index in [2.05, 4.69) is 296 Å². The van der Waals surface area contributed by atoms with Gasteiger partial charge >= 0.3 is 0 Å². The number of nitrogens with zero attached hydrogens (tertiary/aromatic N) is 5. The highest BCUT2D eigenvalue weighted by atomic mass is 15.2. The summed E-state index contributed by atoms with van der Waals surface area (Å²) in [4.78, 5) is 4.79. The highest BCUT2D eigenvalue weighted by Gasteiger charge is 2.22. The zero-order valence-electron chi connectivity index (χ0n) is 38.7. The third-order valence-corrected chi connectivity index (χ3v) is 14.2. The Morgan fingerprint density at radius 1 is 0.183 bits per heavy atom. The Hall–Kier alpha value is -9.58. The molecule has 14 rings (SSSR count). The molecule has 334 valence electrons. The molecule has 0 amide bonds. The number of fused-ring (bicyclic) bond motifs is 9. The van der Waals surface area contributed by atoms with Crippen molar-refractivity contribution in [3.05, 3.63) is 273 Å². The molecule has 0 fully saturated rings. The van der Waals surface area contributed by atoms with E-state index in [0.717, 1.165) is 51.2 Å². The van der Waals surface area contributed by atoms with Gasteiger partial charge in [-0.25, -0.2) is 0 Å². The largest absolute Gasteiger partial charge is 0.310 e. The minimum Gasteiger partial charge on any atom is -0.310 e. The molecule has 14 aromatic rings. The van der Waals surface area contributed by atoms with Crippen molar-refractivity contribution in [3.63, 3.8) is 0 Å². The monoisotopic (exact) mass is 907 g/mol. The van der Waals surface area contributed by atoms with Gasteiger partial charge in [0.25, 0.3) is 0 Å². The molecule has 0 unspecified atom stereocenters. The maximum absolute atomic E-state index is 2.42. The van der Waals surface area contributed by atoms with Gasteiger partial charge in [0.2, 0.25) is 0 Å². The molecule has 0 radical (unpaired) electrons. The van der Waals surface area contributed by atoms with Gasteiger partial charge in [0, 0.05) is 83.5 Å². The number of aromatic nitrogens is 3. The molecule has 71 heavy (non-hydrogen) atoms. The third kappa shape index (κ3) is 6.63. The first-order valence-electron chi connectivity index (χ1n) is 24.3. The predicted octanol–water partition coefficient (Wildman–Crippen LogP) is 17.9. The molecule has 11 aromatic carbocycles. The van der Waals surface area contributed by atoms with Crippen LogP contribution in [0.4, 0.5) is 34.1 Å². The minimum atomic E-state index is 1.06.